The predicted octanol–water partition coefficient (Wildman–Crippen LogP) is 4.10. The molecule has 24 heavy (non-hydrogen) atoms. The van der Waals surface area contributed by atoms with Gasteiger partial charge < -0.3 is 15.4 Å². The maximum absolute atomic E-state index is 9.34. The molecular formula is C20H25N3O. The molecule has 4 nitrogen and oxygen atoms in total. The zero-order valence-corrected chi connectivity index (χ0v) is 14.5. The quantitative estimate of drug-likeness (QED) is 0.640. The molecule has 0 saturated carbocycles. The van der Waals surface area contributed by atoms with E-state index in [2.05, 4.69) is 43.2 Å². The van der Waals surface area contributed by atoms with Gasteiger partial charge in [-0.25, -0.2) is 4.98 Å². The van der Waals surface area contributed by atoms with E-state index in [-0.39, 0.29) is 18.7 Å². The molecule has 3 N–H and O–H groups in total. The van der Waals surface area contributed by atoms with Gasteiger partial charge in [-0.05, 0) is 36.1 Å². The number of H-pyrrole nitrogens is 1. The molecule has 2 aromatic carbocycles. The number of aliphatic hydroxyl groups excluding tert-OH is 1. The maximum atomic E-state index is 9.34. The first-order valence-corrected chi connectivity index (χ1v) is 8.49. The molecule has 0 spiro atoms. The van der Waals surface area contributed by atoms with Crippen LogP contribution in [0, 0.1) is 5.92 Å². The fourth-order valence-corrected chi connectivity index (χ4v) is 3.03. The van der Waals surface area contributed by atoms with E-state index in [0.717, 1.165) is 22.4 Å². The Morgan fingerprint density at radius 1 is 1.08 bits per heavy atom. The first-order chi connectivity index (χ1) is 11.6. The van der Waals surface area contributed by atoms with E-state index in [0.29, 0.717) is 5.92 Å². The molecule has 0 aliphatic heterocycles. The largest absolute Gasteiger partial charge is 0.392 e. The number of aliphatic hydroxyl groups is 1. The molecule has 0 amide bonds. The topological polar surface area (TPSA) is 60.9 Å². The van der Waals surface area contributed by atoms with E-state index >= 15 is 0 Å². The van der Waals surface area contributed by atoms with Crippen molar-refractivity contribution in [2.24, 2.45) is 5.92 Å². The summed E-state index contributed by atoms with van der Waals surface area (Å²) in [6, 6.07) is 16.5. The number of rotatable bonds is 6. The summed E-state index contributed by atoms with van der Waals surface area (Å²) in [6.45, 7) is 6.61. The van der Waals surface area contributed by atoms with E-state index in [1.807, 2.05) is 36.4 Å². The SMILES string of the molecule is CC(NC(c1nc2ccccc2[nH]1)C(C)C)c1cccc(CO)c1. The van der Waals surface area contributed by atoms with Crippen molar-refractivity contribution >= 4 is 11.0 Å². The minimum Gasteiger partial charge on any atom is -0.392 e. The summed E-state index contributed by atoms with van der Waals surface area (Å²) in [5.74, 6) is 1.37. The molecule has 0 saturated heterocycles. The molecule has 1 heterocycles. The molecule has 126 valence electrons. The predicted molar refractivity (Wildman–Crippen MR) is 97.6 cm³/mol. The normalized spacial score (nSPS) is 14.2. The van der Waals surface area contributed by atoms with Crippen LogP contribution in [0.2, 0.25) is 0 Å². The summed E-state index contributed by atoms with van der Waals surface area (Å²) >= 11 is 0. The summed E-state index contributed by atoms with van der Waals surface area (Å²) < 4.78 is 0. The molecule has 1 aromatic heterocycles. The lowest BCUT2D eigenvalue weighted by atomic mass is 9.99. The first kappa shape index (κ1) is 16.7. The van der Waals surface area contributed by atoms with Crippen molar-refractivity contribution in [1.82, 2.24) is 15.3 Å². The number of nitrogens with one attached hydrogen (secondary N) is 2. The second-order valence-electron chi connectivity index (χ2n) is 6.65. The number of para-hydroxylation sites is 2. The highest BCUT2D eigenvalue weighted by atomic mass is 16.3. The molecule has 0 aliphatic carbocycles. The second-order valence-corrected chi connectivity index (χ2v) is 6.65. The number of fused-ring (bicyclic) bond motifs is 1. The van der Waals surface area contributed by atoms with Gasteiger partial charge in [0.15, 0.2) is 0 Å². The van der Waals surface area contributed by atoms with Crippen LogP contribution in [0.15, 0.2) is 48.5 Å². The number of aromatic nitrogens is 2. The average Bonchev–Trinajstić information content (AvgIpc) is 3.02. The molecule has 2 atom stereocenters. The van der Waals surface area contributed by atoms with Gasteiger partial charge in [-0.2, -0.15) is 0 Å². The average molecular weight is 323 g/mol. The summed E-state index contributed by atoms with van der Waals surface area (Å²) in [5.41, 5.74) is 4.17. The van der Waals surface area contributed by atoms with Gasteiger partial charge in [0.25, 0.3) is 0 Å². The third kappa shape index (κ3) is 3.50. The summed E-state index contributed by atoms with van der Waals surface area (Å²) in [4.78, 5) is 8.20. The number of benzene rings is 2. The highest BCUT2D eigenvalue weighted by molar-refractivity contribution is 5.74. The highest BCUT2D eigenvalue weighted by Gasteiger charge is 2.22. The Morgan fingerprint density at radius 2 is 1.88 bits per heavy atom. The molecule has 3 aromatic rings. The van der Waals surface area contributed by atoms with Crippen molar-refractivity contribution in [2.45, 2.75) is 39.5 Å². The van der Waals surface area contributed by atoms with Gasteiger partial charge in [0.05, 0.1) is 23.7 Å². The maximum Gasteiger partial charge on any atom is 0.124 e. The van der Waals surface area contributed by atoms with Crippen LogP contribution in [-0.4, -0.2) is 15.1 Å². The van der Waals surface area contributed by atoms with Gasteiger partial charge in [0.2, 0.25) is 0 Å². The molecule has 3 rings (SSSR count). The van der Waals surface area contributed by atoms with Crippen LogP contribution in [0.25, 0.3) is 11.0 Å². The third-order valence-corrected chi connectivity index (χ3v) is 4.43. The van der Waals surface area contributed by atoms with Gasteiger partial charge in [0.1, 0.15) is 5.82 Å². The zero-order chi connectivity index (χ0) is 17.1. The van der Waals surface area contributed by atoms with Crippen molar-refractivity contribution in [1.29, 1.82) is 0 Å². The van der Waals surface area contributed by atoms with Crippen LogP contribution in [0.1, 0.15) is 49.8 Å². The number of nitrogens with zero attached hydrogens (tertiary/aromatic N) is 1. The van der Waals surface area contributed by atoms with Gasteiger partial charge in [-0.1, -0.05) is 50.2 Å². The third-order valence-electron chi connectivity index (χ3n) is 4.43. The monoisotopic (exact) mass is 323 g/mol. The van der Waals surface area contributed by atoms with Crippen LogP contribution >= 0.6 is 0 Å². The van der Waals surface area contributed by atoms with Gasteiger partial charge >= 0.3 is 0 Å². The van der Waals surface area contributed by atoms with Crippen molar-refractivity contribution < 1.29 is 5.11 Å². The highest BCUT2D eigenvalue weighted by Crippen LogP contribution is 2.26. The number of hydrogen-bond donors (Lipinski definition) is 3. The Kier molecular flexibility index (Phi) is 4.97. The molecular weight excluding hydrogens is 298 g/mol. The lowest BCUT2D eigenvalue weighted by Crippen LogP contribution is -2.29. The van der Waals surface area contributed by atoms with Crippen LogP contribution < -0.4 is 5.32 Å². The van der Waals surface area contributed by atoms with Crippen molar-refractivity contribution in [2.75, 3.05) is 0 Å². The van der Waals surface area contributed by atoms with Crippen LogP contribution in [0.3, 0.4) is 0 Å². The molecule has 0 radical (unpaired) electrons. The summed E-state index contributed by atoms with van der Waals surface area (Å²) in [7, 11) is 0. The van der Waals surface area contributed by atoms with Gasteiger partial charge in [-0.15, -0.1) is 0 Å². The Morgan fingerprint density at radius 3 is 2.58 bits per heavy atom. The van der Waals surface area contributed by atoms with Crippen LogP contribution in [-0.2, 0) is 6.61 Å². The van der Waals surface area contributed by atoms with E-state index in [1.54, 1.807) is 0 Å². The van der Waals surface area contributed by atoms with Gasteiger partial charge in [-0.3, -0.25) is 0 Å². The standard InChI is InChI=1S/C20H25N3O/c1-13(2)19(20-22-17-9-4-5-10-18(17)23-20)21-14(3)16-8-6-7-15(11-16)12-24/h4-11,13-14,19,21,24H,12H2,1-3H3,(H,22,23). The fraction of sp³-hybridized carbons (Fsp3) is 0.350. The van der Waals surface area contributed by atoms with E-state index in [1.165, 1.54) is 5.56 Å². The van der Waals surface area contributed by atoms with Crippen LogP contribution in [0.4, 0.5) is 0 Å². The second kappa shape index (κ2) is 7.16. The summed E-state index contributed by atoms with van der Waals surface area (Å²) in [6.07, 6.45) is 0. The van der Waals surface area contributed by atoms with Crippen molar-refractivity contribution in [3.05, 3.63) is 65.5 Å². The number of hydrogen-bond acceptors (Lipinski definition) is 3. The lowest BCUT2D eigenvalue weighted by Gasteiger charge is -2.25. The molecule has 2 unspecified atom stereocenters. The minimum atomic E-state index is 0.0672. The zero-order valence-electron chi connectivity index (χ0n) is 14.5. The first-order valence-electron chi connectivity index (χ1n) is 8.49. The molecule has 0 fully saturated rings. The number of aromatic amines is 1. The van der Waals surface area contributed by atoms with Crippen molar-refractivity contribution in [3.8, 4) is 0 Å². The molecule has 0 bridgehead atoms. The molecule has 4 heteroatoms. The van der Waals surface area contributed by atoms with E-state index in [4.69, 9.17) is 4.98 Å². The summed E-state index contributed by atoms with van der Waals surface area (Å²) in [5, 5.41) is 13.0. The van der Waals surface area contributed by atoms with Crippen LogP contribution in [0.5, 0.6) is 0 Å². The Balaban J connectivity index is 1.85. The van der Waals surface area contributed by atoms with E-state index < -0.39 is 0 Å². The molecule has 0 aliphatic rings. The Labute approximate surface area is 142 Å². The Hall–Kier alpha value is -2.17. The number of imidazole rings is 1. The fourth-order valence-electron chi connectivity index (χ4n) is 3.03. The Bertz CT molecular complexity index is 776. The van der Waals surface area contributed by atoms with Gasteiger partial charge in [0, 0.05) is 6.04 Å². The lowest BCUT2D eigenvalue weighted by molar-refractivity contribution is 0.281. The smallest absolute Gasteiger partial charge is 0.124 e. The van der Waals surface area contributed by atoms with Crippen molar-refractivity contribution in [3.63, 3.8) is 0 Å². The van der Waals surface area contributed by atoms with E-state index in [9.17, 15) is 5.11 Å². The minimum absolute atomic E-state index is 0.0672.